The highest BCUT2D eigenvalue weighted by atomic mass is 14.3. The van der Waals surface area contributed by atoms with Crippen molar-refractivity contribution in [3.8, 4) is 0 Å². The smallest absolute Gasteiger partial charge is 0.0112 e. The van der Waals surface area contributed by atoms with Gasteiger partial charge in [-0.25, -0.2) is 0 Å². The van der Waals surface area contributed by atoms with E-state index in [9.17, 15) is 0 Å². The Morgan fingerprint density at radius 1 is 1.33 bits per heavy atom. The Kier molecular flexibility index (Phi) is 5.64. The van der Waals surface area contributed by atoms with Gasteiger partial charge in [0.25, 0.3) is 0 Å². The van der Waals surface area contributed by atoms with E-state index in [1.54, 1.807) is 0 Å². The first kappa shape index (κ1) is 14.2. The molecule has 0 rings (SSSR count). The molecule has 0 saturated carbocycles. The van der Waals surface area contributed by atoms with E-state index in [1.807, 2.05) is 6.08 Å². The number of hydrogen-bond donors (Lipinski definition) is 0. The molecule has 0 saturated heterocycles. The SMILES string of the molecule is C=CC/C(C)=C(\C)C(C)C(C)(C)C=CC. The lowest BCUT2D eigenvalue weighted by Gasteiger charge is -2.30. The molecule has 0 bridgehead atoms. The fraction of sp³-hybridized carbons (Fsp3) is 0.600. The Bertz CT molecular complexity index is 264. The Morgan fingerprint density at radius 2 is 1.87 bits per heavy atom. The number of allylic oxidation sites excluding steroid dienone is 5. The van der Waals surface area contributed by atoms with Crippen LogP contribution in [0.5, 0.6) is 0 Å². The zero-order chi connectivity index (χ0) is 12.1. The summed E-state index contributed by atoms with van der Waals surface area (Å²) in [5.74, 6) is 0.577. The minimum Gasteiger partial charge on any atom is -0.103 e. The molecule has 0 amide bonds. The normalized spacial score (nSPS) is 16.4. The van der Waals surface area contributed by atoms with Crippen LogP contribution in [0.15, 0.2) is 36.0 Å². The molecule has 0 aliphatic heterocycles. The Balaban J connectivity index is 4.91. The molecule has 0 heterocycles. The summed E-state index contributed by atoms with van der Waals surface area (Å²) in [6.45, 7) is 17.2. The lowest BCUT2D eigenvalue weighted by atomic mass is 9.74. The summed E-state index contributed by atoms with van der Waals surface area (Å²) in [5, 5.41) is 0. The summed E-state index contributed by atoms with van der Waals surface area (Å²) in [6, 6.07) is 0. The molecule has 0 aliphatic carbocycles. The zero-order valence-electron chi connectivity index (χ0n) is 11.2. The van der Waals surface area contributed by atoms with E-state index in [4.69, 9.17) is 0 Å². The fourth-order valence-corrected chi connectivity index (χ4v) is 1.88. The van der Waals surface area contributed by atoms with Crippen molar-refractivity contribution in [3.63, 3.8) is 0 Å². The van der Waals surface area contributed by atoms with Crippen molar-refractivity contribution in [2.24, 2.45) is 11.3 Å². The van der Waals surface area contributed by atoms with Gasteiger partial charge in [0.05, 0.1) is 0 Å². The predicted molar refractivity (Wildman–Crippen MR) is 70.9 cm³/mol. The summed E-state index contributed by atoms with van der Waals surface area (Å²) >= 11 is 0. The Labute approximate surface area is 95.8 Å². The summed E-state index contributed by atoms with van der Waals surface area (Å²) in [5.41, 5.74) is 3.19. The van der Waals surface area contributed by atoms with Crippen LogP contribution in [0.1, 0.15) is 48.0 Å². The average molecular weight is 206 g/mol. The van der Waals surface area contributed by atoms with Gasteiger partial charge in [0, 0.05) is 0 Å². The van der Waals surface area contributed by atoms with Crippen LogP contribution in [0.25, 0.3) is 0 Å². The molecule has 0 spiro atoms. The minimum atomic E-state index is 0.237. The van der Waals surface area contributed by atoms with Crippen LogP contribution in [0.2, 0.25) is 0 Å². The van der Waals surface area contributed by atoms with Crippen molar-refractivity contribution < 1.29 is 0 Å². The molecule has 0 N–H and O–H groups in total. The van der Waals surface area contributed by atoms with Crippen molar-refractivity contribution >= 4 is 0 Å². The highest BCUT2D eigenvalue weighted by Gasteiger charge is 2.24. The third-order valence-corrected chi connectivity index (χ3v) is 3.49. The lowest BCUT2D eigenvalue weighted by molar-refractivity contribution is 0.349. The maximum atomic E-state index is 3.79. The van der Waals surface area contributed by atoms with Crippen LogP contribution >= 0.6 is 0 Å². The van der Waals surface area contributed by atoms with Crippen LogP contribution < -0.4 is 0 Å². The van der Waals surface area contributed by atoms with E-state index >= 15 is 0 Å². The Morgan fingerprint density at radius 3 is 2.27 bits per heavy atom. The standard InChI is InChI=1S/C15H26/c1-8-10-12(3)13(4)14(5)15(6,7)11-9-2/h8-9,11,14H,1,10H2,2-7H3/b11-9?,13-12+. The molecule has 0 radical (unpaired) electrons. The van der Waals surface area contributed by atoms with Gasteiger partial charge in [0.15, 0.2) is 0 Å². The van der Waals surface area contributed by atoms with Gasteiger partial charge in [-0.15, -0.1) is 6.58 Å². The summed E-state index contributed by atoms with van der Waals surface area (Å²) in [6.07, 6.45) is 7.42. The monoisotopic (exact) mass is 206 g/mol. The minimum absolute atomic E-state index is 0.237. The van der Waals surface area contributed by atoms with Crippen molar-refractivity contribution in [1.82, 2.24) is 0 Å². The molecule has 86 valence electrons. The Hall–Kier alpha value is -0.780. The molecular weight excluding hydrogens is 180 g/mol. The van der Waals surface area contributed by atoms with Crippen LogP contribution in [-0.2, 0) is 0 Å². The van der Waals surface area contributed by atoms with Gasteiger partial charge in [0.1, 0.15) is 0 Å². The van der Waals surface area contributed by atoms with E-state index in [0.717, 1.165) is 6.42 Å². The molecule has 15 heavy (non-hydrogen) atoms. The molecule has 0 aromatic carbocycles. The molecule has 0 heteroatoms. The molecule has 1 unspecified atom stereocenters. The molecule has 0 aromatic rings. The summed E-state index contributed by atoms with van der Waals surface area (Å²) in [7, 11) is 0. The fourth-order valence-electron chi connectivity index (χ4n) is 1.88. The third kappa shape index (κ3) is 4.07. The van der Waals surface area contributed by atoms with Crippen LogP contribution in [0, 0.1) is 11.3 Å². The van der Waals surface area contributed by atoms with Gasteiger partial charge < -0.3 is 0 Å². The van der Waals surface area contributed by atoms with E-state index in [1.165, 1.54) is 11.1 Å². The largest absolute Gasteiger partial charge is 0.103 e. The van der Waals surface area contributed by atoms with Crippen molar-refractivity contribution in [3.05, 3.63) is 36.0 Å². The van der Waals surface area contributed by atoms with Gasteiger partial charge in [0.2, 0.25) is 0 Å². The lowest BCUT2D eigenvalue weighted by Crippen LogP contribution is -2.20. The maximum absolute atomic E-state index is 3.79. The average Bonchev–Trinajstić information content (AvgIpc) is 2.15. The molecule has 0 nitrogen and oxygen atoms in total. The predicted octanol–water partition coefficient (Wildman–Crippen LogP) is 5.14. The quantitative estimate of drug-likeness (QED) is 0.546. The van der Waals surface area contributed by atoms with Gasteiger partial charge in [-0.1, -0.05) is 50.1 Å². The molecule has 0 fully saturated rings. The van der Waals surface area contributed by atoms with E-state index in [2.05, 4.69) is 60.3 Å². The second kappa shape index (κ2) is 5.95. The highest BCUT2D eigenvalue weighted by molar-refractivity contribution is 5.19. The van der Waals surface area contributed by atoms with Crippen LogP contribution in [0.4, 0.5) is 0 Å². The van der Waals surface area contributed by atoms with Crippen LogP contribution in [-0.4, -0.2) is 0 Å². The van der Waals surface area contributed by atoms with Gasteiger partial charge in [-0.3, -0.25) is 0 Å². The second-order valence-electron chi connectivity index (χ2n) is 5.00. The van der Waals surface area contributed by atoms with Crippen molar-refractivity contribution in [2.45, 2.75) is 48.0 Å². The molecular formula is C15H26. The topological polar surface area (TPSA) is 0 Å². The van der Waals surface area contributed by atoms with E-state index < -0.39 is 0 Å². The van der Waals surface area contributed by atoms with E-state index in [0.29, 0.717) is 5.92 Å². The summed E-state index contributed by atoms with van der Waals surface area (Å²) in [4.78, 5) is 0. The highest BCUT2D eigenvalue weighted by Crippen LogP contribution is 2.35. The maximum Gasteiger partial charge on any atom is -0.0112 e. The van der Waals surface area contributed by atoms with Crippen LogP contribution in [0.3, 0.4) is 0 Å². The van der Waals surface area contributed by atoms with E-state index in [-0.39, 0.29) is 5.41 Å². The van der Waals surface area contributed by atoms with Gasteiger partial charge in [-0.05, 0) is 38.5 Å². The van der Waals surface area contributed by atoms with Crippen molar-refractivity contribution in [1.29, 1.82) is 0 Å². The number of rotatable bonds is 5. The second-order valence-corrected chi connectivity index (χ2v) is 5.00. The first-order valence-corrected chi connectivity index (χ1v) is 5.77. The number of hydrogen-bond acceptors (Lipinski definition) is 0. The summed E-state index contributed by atoms with van der Waals surface area (Å²) < 4.78 is 0. The van der Waals surface area contributed by atoms with Crippen molar-refractivity contribution in [2.75, 3.05) is 0 Å². The molecule has 0 aliphatic rings. The molecule has 1 atom stereocenters. The zero-order valence-corrected chi connectivity index (χ0v) is 11.2. The first-order valence-electron chi connectivity index (χ1n) is 5.77. The molecule has 0 aromatic heterocycles. The third-order valence-electron chi connectivity index (χ3n) is 3.49. The first-order chi connectivity index (χ1) is 6.86. The van der Waals surface area contributed by atoms with Gasteiger partial charge in [-0.2, -0.15) is 0 Å². The van der Waals surface area contributed by atoms with Gasteiger partial charge >= 0.3 is 0 Å².